The van der Waals surface area contributed by atoms with Gasteiger partial charge in [-0.2, -0.15) is 0 Å². The maximum Gasteiger partial charge on any atom is 0.0504 e. The Labute approximate surface area is 122 Å². The Hall–Kier alpha value is -1.02. The lowest BCUT2D eigenvalue weighted by Gasteiger charge is -2.40. The van der Waals surface area contributed by atoms with E-state index in [1.807, 2.05) is 0 Å². The number of benzene rings is 1. The number of hydrogen-bond acceptors (Lipinski definition) is 2. The molecule has 2 nitrogen and oxygen atoms in total. The summed E-state index contributed by atoms with van der Waals surface area (Å²) in [5, 5.41) is 10.0. The third-order valence-corrected chi connectivity index (χ3v) is 5.23. The first kappa shape index (κ1) is 13.9. The van der Waals surface area contributed by atoms with Crippen molar-refractivity contribution in [3.63, 3.8) is 0 Å². The molecule has 1 N–H and O–H groups in total. The van der Waals surface area contributed by atoms with Gasteiger partial charge >= 0.3 is 0 Å². The zero-order chi connectivity index (χ0) is 13.8. The van der Waals surface area contributed by atoms with Gasteiger partial charge < -0.3 is 10.0 Å². The summed E-state index contributed by atoms with van der Waals surface area (Å²) >= 11 is 0. The molecule has 1 aromatic rings. The third kappa shape index (κ3) is 2.85. The van der Waals surface area contributed by atoms with Crippen molar-refractivity contribution in [1.29, 1.82) is 0 Å². The normalized spacial score (nSPS) is 22.1. The van der Waals surface area contributed by atoms with Crippen molar-refractivity contribution in [2.75, 3.05) is 24.6 Å². The molecule has 1 heterocycles. The molecule has 2 aliphatic rings. The monoisotopic (exact) mass is 273 g/mol. The number of aliphatic hydroxyl groups excluding tert-OH is 1. The van der Waals surface area contributed by atoms with Crippen LogP contribution in [0.1, 0.15) is 50.5 Å². The van der Waals surface area contributed by atoms with E-state index >= 15 is 0 Å². The van der Waals surface area contributed by atoms with E-state index < -0.39 is 0 Å². The predicted molar refractivity (Wildman–Crippen MR) is 84.2 cm³/mol. The lowest BCUT2D eigenvalue weighted by molar-refractivity contribution is 0.112. The van der Waals surface area contributed by atoms with Crippen LogP contribution in [0.3, 0.4) is 0 Å². The lowest BCUT2D eigenvalue weighted by Crippen LogP contribution is -2.42. The Morgan fingerprint density at radius 2 is 1.75 bits per heavy atom. The van der Waals surface area contributed by atoms with Crippen LogP contribution in [0.5, 0.6) is 0 Å². The van der Waals surface area contributed by atoms with E-state index in [0.29, 0.717) is 6.61 Å². The van der Waals surface area contributed by atoms with Gasteiger partial charge in [-0.1, -0.05) is 43.9 Å². The molecule has 0 amide bonds. The van der Waals surface area contributed by atoms with Gasteiger partial charge in [-0.3, -0.25) is 0 Å². The van der Waals surface area contributed by atoms with Crippen LogP contribution < -0.4 is 4.90 Å². The Morgan fingerprint density at radius 1 is 1.00 bits per heavy atom. The summed E-state index contributed by atoms with van der Waals surface area (Å²) in [5.74, 6) is 0. The highest BCUT2D eigenvalue weighted by molar-refractivity contribution is 5.55. The smallest absolute Gasteiger partial charge is 0.0504 e. The summed E-state index contributed by atoms with van der Waals surface area (Å²) in [7, 11) is 0. The third-order valence-electron chi connectivity index (χ3n) is 5.23. The number of anilines is 1. The maximum atomic E-state index is 10.0. The van der Waals surface area contributed by atoms with Crippen molar-refractivity contribution in [3.8, 4) is 0 Å². The fourth-order valence-electron chi connectivity index (χ4n) is 4.03. The van der Waals surface area contributed by atoms with Crippen molar-refractivity contribution < 1.29 is 5.11 Å². The number of rotatable bonds is 3. The van der Waals surface area contributed by atoms with E-state index in [-0.39, 0.29) is 5.41 Å². The number of fused-ring (bicyclic) bond motifs is 1. The largest absolute Gasteiger partial charge is 0.396 e. The summed E-state index contributed by atoms with van der Waals surface area (Å²) in [6, 6.07) is 8.82. The molecule has 20 heavy (non-hydrogen) atoms. The highest BCUT2D eigenvalue weighted by Gasteiger charge is 2.33. The van der Waals surface area contributed by atoms with Gasteiger partial charge in [-0.15, -0.1) is 0 Å². The van der Waals surface area contributed by atoms with E-state index in [1.54, 1.807) is 0 Å². The molecule has 0 spiro atoms. The second kappa shape index (κ2) is 6.17. The van der Waals surface area contributed by atoms with Gasteiger partial charge in [0.25, 0.3) is 0 Å². The molecule has 0 atom stereocenters. The molecule has 2 heteroatoms. The Morgan fingerprint density at radius 3 is 2.50 bits per heavy atom. The van der Waals surface area contributed by atoms with Crippen molar-refractivity contribution in [3.05, 3.63) is 29.8 Å². The van der Waals surface area contributed by atoms with Crippen LogP contribution in [0.4, 0.5) is 5.69 Å². The van der Waals surface area contributed by atoms with Gasteiger partial charge in [0.2, 0.25) is 0 Å². The highest BCUT2D eigenvalue weighted by atomic mass is 16.3. The van der Waals surface area contributed by atoms with Gasteiger partial charge in [0.1, 0.15) is 0 Å². The minimum Gasteiger partial charge on any atom is -0.396 e. The average Bonchev–Trinajstić information content (AvgIpc) is 2.74. The molecular formula is C18H27NO. The quantitative estimate of drug-likeness (QED) is 0.847. The molecule has 110 valence electrons. The molecule has 1 aliphatic carbocycles. The molecule has 1 aromatic carbocycles. The SMILES string of the molecule is OCC1(CN2CCCc3ccccc32)CCCCCC1. The number of aliphatic hydroxyl groups is 1. The van der Waals surface area contributed by atoms with Gasteiger partial charge in [0.15, 0.2) is 0 Å². The first-order chi connectivity index (χ1) is 9.83. The summed E-state index contributed by atoms with van der Waals surface area (Å²) in [6.07, 6.45) is 10.1. The molecule has 0 aromatic heterocycles. The summed E-state index contributed by atoms with van der Waals surface area (Å²) < 4.78 is 0. The van der Waals surface area contributed by atoms with Crippen molar-refractivity contribution in [1.82, 2.24) is 0 Å². The second-order valence-electron chi connectivity index (χ2n) is 6.73. The van der Waals surface area contributed by atoms with Gasteiger partial charge in [-0.25, -0.2) is 0 Å². The zero-order valence-corrected chi connectivity index (χ0v) is 12.5. The van der Waals surface area contributed by atoms with Crippen molar-refractivity contribution in [2.24, 2.45) is 5.41 Å². The first-order valence-corrected chi connectivity index (χ1v) is 8.27. The summed E-state index contributed by atoms with van der Waals surface area (Å²) in [6.45, 7) is 2.55. The van der Waals surface area contributed by atoms with Crippen LogP contribution >= 0.6 is 0 Å². The number of hydrogen-bond donors (Lipinski definition) is 1. The molecule has 1 saturated carbocycles. The predicted octanol–water partition coefficient (Wildman–Crippen LogP) is 3.77. The second-order valence-corrected chi connectivity index (χ2v) is 6.73. The highest BCUT2D eigenvalue weighted by Crippen LogP contribution is 2.38. The van der Waals surface area contributed by atoms with E-state index in [9.17, 15) is 5.11 Å². The summed E-state index contributed by atoms with van der Waals surface area (Å²) in [5.41, 5.74) is 3.04. The van der Waals surface area contributed by atoms with E-state index in [2.05, 4.69) is 29.2 Å². The number of nitrogens with zero attached hydrogens (tertiary/aromatic N) is 1. The number of para-hydroxylation sites is 1. The fourth-order valence-corrected chi connectivity index (χ4v) is 4.03. The molecule has 0 bridgehead atoms. The topological polar surface area (TPSA) is 23.5 Å². The van der Waals surface area contributed by atoms with Crippen LogP contribution in [-0.4, -0.2) is 24.8 Å². The van der Waals surface area contributed by atoms with Crippen molar-refractivity contribution in [2.45, 2.75) is 51.4 Å². The minimum absolute atomic E-state index is 0.140. The van der Waals surface area contributed by atoms with Gasteiger partial charge in [-0.05, 0) is 37.3 Å². The van der Waals surface area contributed by atoms with Crippen LogP contribution in [0.2, 0.25) is 0 Å². The standard InChI is InChI=1S/C18H27NO/c20-15-18(11-5-1-2-6-12-18)14-19-13-7-9-16-8-3-4-10-17(16)19/h3-4,8,10,20H,1-2,5-7,9,11-15H2. The van der Waals surface area contributed by atoms with Crippen LogP contribution in [0, 0.1) is 5.41 Å². The molecular weight excluding hydrogens is 246 g/mol. The van der Waals surface area contributed by atoms with Crippen LogP contribution in [0.15, 0.2) is 24.3 Å². The van der Waals surface area contributed by atoms with Gasteiger partial charge in [0, 0.05) is 24.2 Å². The average molecular weight is 273 g/mol. The molecule has 0 unspecified atom stereocenters. The van der Waals surface area contributed by atoms with E-state index in [4.69, 9.17) is 0 Å². The number of aryl methyl sites for hydroxylation is 1. The maximum absolute atomic E-state index is 10.0. The molecule has 1 fully saturated rings. The van der Waals surface area contributed by atoms with Crippen molar-refractivity contribution >= 4 is 5.69 Å². The minimum atomic E-state index is 0.140. The zero-order valence-electron chi connectivity index (χ0n) is 12.5. The van der Waals surface area contributed by atoms with Crippen LogP contribution in [0.25, 0.3) is 0 Å². The fraction of sp³-hybridized carbons (Fsp3) is 0.667. The molecule has 1 aliphatic heterocycles. The van der Waals surface area contributed by atoms with Crippen LogP contribution in [-0.2, 0) is 6.42 Å². The Kier molecular flexibility index (Phi) is 4.30. The molecule has 3 rings (SSSR count). The van der Waals surface area contributed by atoms with E-state index in [1.165, 1.54) is 62.6 Å². The Bertz CT molecular complexity index is 435. The lowest BCUT2D eigenvalue weighted by atomic mass is 9.80. The van der Waals surface area contributed by atoms with Gasteiger partial charge in [0.05, 0.1) is 6.61 Å². The Balaban J connectivity index is 1.79. The molecule has 0 radical (unpaired) electrons. The summed E-state index contributed by atoms with van der Waals surface area (Å²) in [4.78, 5) is 2.54. The first-order valence-electron chi connectivity index (χ1n) is 8.27. The van der Waals surface area contributed by atoms with E-state index in [0.717, 1.165) is 13.1 Å². The molecule has 0 saturated heterocycles.